The van der Waals surface area contributed by atoms with Gasteiger partial charge in [0, 0.05) is 6.54 Å². The summed E-state index contributed by atoms with van der Waals surface area (Å²) in [5.74, 6) is 0.0376. The second-order valence-electron chi connectivity index (χ2n) is 8.92. The van der Waals surface area contributed by atoms with Crippen LogP contribution in [0.15, 0.2) is 30.3 Å². The molecule has 0 spiro atoms. The van der Waals surface area contributed by atoms with Crippen molar-refractivity contribution in [2.75, 3.05) is 26.4 Å². The predicted octanol–water partition coefficient (Wildman–Crippen LogP) is 0.427. The van der Waals surface area contributed by atoms with Crippen molar-refractivity contribution in [1.82, 2.24) is 19.8 Å². The van der Waals surface area contributed by atoms with Crippen LogP contribution in [0.4, 0.5) is 0 Å². The quantitative estimate of drug-likeness (QED) is 0.575. The zero-order valence-corrected chi connectivity index (χ0v) is 20.1. The highest BCUT2D eigenvalue weighted by molar-refractivity contribution is 7.88. The molecule has 0 aromatic heterocycles. The molecule has 3 rings (SSSR count). The van der Waals surface area contributed by atoms with Gasteiger partial charge in [0.25, 0.3) is 0 Å². The van der Waals surface area contributed by atoms with Crippen molar-refractivity contribution in [1.29, 1.82) is 0 Å². The standard InChI is InChI=1S/C22H34N4O5S/c1-14(2)19(24-21(27)15(3)23-4)22(28)25-12-11-17-20(25)18(13-26(17)32(5,29)30)31-16-9-7-6-8-10-16/h6-10,14-15,17-20,23H,11-13H2,1-5H3,(H,24,27)/t15-,17+,18-,19?,20-/m0/s1. The van der Waals surface area contributed by atoms with E-state index in [0.717, 1.165) is 0 Å². The maximum absolute atomic E-state index is 13.6. The molecule has 1 unspecified atom stereocenters. The van der Waals surface area contributed by atoms with Crippen LogP contribution in [0.1, 0.15) is 27.2 Å². The molecule has 2 amide bonds. The van der Waals surface area contributed by atoms with Gasteiger partial charge in [0.15, 0.2) is 0 Å². The SMILES string of the molecule is CN[C@@H](C)C(=O)NC(C(=O)N1CC[C@@H]2[C@H]1[C@@H](Oc1ccccc1)CN2S(C)(=O)=O)C(C)C. The number of fused-ring (bicyclic) bond motifs is 1. The third-order valence-corrected chi connectivity index (χ3v) is 7.60. The minimum absolute atomic E-state index is 0.129. The van der Waals surface area contributed by atoms with Gasteiger partial charge < -0.3 is 20.3 Å². The lowest BCUT2D eigenvalue weighted by molar-refractivity contribution is -0.139. The van der Waals surface area contributed by atoms with Crippen LogP contribution in [0, 0.1) is 5.92 Å². The Labute approximate surface area is 190 Å². The molecule has 178 valence electrons. The van der Waals surface area contributed by atoms with Gasteiger partial charge in [-0.05, 0) is 38.4 Å². The first-order valence-corrected chi connectivity index (χ1v) is 12.9. The van der Waals surface area contributed by atoms with Crippen molar-refractivity contribution in [3.05, 3.63) is 30.3 Å². The molecule has 2 aliphatic heterocycles. The highest BCUT2D eigenvalue weighted by Crippen LogP contribution is 2.36. The van der Waals surface area contributed by atoms with Crippen LogP contribution in [0.2, 0.25) is 0 Å². The van der Waals surface area contributed by atoms with E-state index in [-0.39, 0.29) is 30.3 Å². The number of amides is 2. The highest BCUT2D eigenvalue weighted by atomic mass is 32.2. The van der Waals surface area contributed by atoms with Gasteiger partial charge in [-0.25, -0.2) is 8.42 Å². The summed E-state index contributed by atoms with van der Waals surface area (Å²) in [6.07, 6.45) is 1.22. The van der Waals surface area contributed by atoms with E-state index in [1.807, 2.05) is 44.2 Å². The number of rotatable bonds is 8. The Kier molecular flexibility index (Phi) is 7.46. The third-order valence-electron chi connectivity index (χ3n) is 6.33. The molecule has 2 fully saturated rings. The Morgan fingerprint density at radius 1 is 1.16 bits per heavy atom. The van der Waals surface area contributed by atoms with E-state index < -0.39 is 34.3 Å². The lowest BCUT2D eigenvalue weighted by Crippen LogP contribution is -2.57. The summed E-state index contributed by atoms with van der Waals surface area (Å²) in [6.45, 7) is 6.09. The maximum atomic E-state index is 13.6. The number of carbonyl (C=O) groups is 2. The van der Waals surface area contributed by atoms with Crippen LogP contribution in [-0.2, 0) is 19.6 Å². The summed E-state index contributed by atoms with van der Waals surface area (Å²) in [5, 5.41) is 5.75. The number of carbonyl (C=O) groups excluding carboxylic acids is 2. The second-order valence-corrected chi connectivity index (χ2v) is 10.9. The molecule has 2 aliphatic rings. The van der Waals surface area contributed by atoms with Gasteiger partial charge in [-0.15, -0.1) is 0 Å². The van der Waals surface area contributed by atoms with E-state index in [1.54, 1.807) is 18.9 Å². The van der Waals surface area contributed by atoms with Gasteiger partial charge >= 0.3 is 0 Å². The highest BCUT2D eigenvalue weighted by Gasteiger charge is 2.55. The normalized spacial score (nSPS) is 25.4. The fourth-order valence-corrected chi connectivity index (χ4v) is 5.64. The topological polar surface area (TPSA) is 108 Å². The van der Waals surface area contributed by atoms with Crippen LogP contribution in [0.25, 0.3) is 0 Å². The van der Waals surface area contributed by atoms with Crippen molar-refractivity contribution in [2.45, 2.75) is 57.5 Å². The predicted molar refractivity (Wildman–Crippen MR) is 122 cm³/mol. The Morgan fingerprint density at radius 2 is 1.81 bits per heavy atom. The zero-order chi connectivity index (χ0) is 23.6. The van der Waals surface area contributed by atoms with Gasteiger partial charge in [-0.1, -0.05) is 32.0 Å². The molecule has 2 saturated heterocycles. The van der Waals surface area contributed by atoms with Crippen LogP contribution in [0.3, 0.4) is 0 Å². The number of nitrogens with one attached hydrogen (secondary N) is 2. The first kappa shape index (κ1) is 24.5. The number of para-hydroxylation sites is 1. The van der Waals surface area contributed by atoms with E-state index >= 15 is 0 Å². The Hall–Kier alpha value is -2.17. The number of likely N-dealkylation sites (tertiary alicyclic amines) is 1. The summed E-state index contributed by atoms with van der Waals surface area (Å²) >= 11 is 0. The van der Waals surface area contributed by atoms with Crippen LogP contribution >= 0.6 is 0 Å². The second kappa shape index (κ2) is 9.76. The lowest BCUT2D eigenvalue weighted by Gasteiger charge is -2.33. The molecule has 1 aromatic rings. The van der Waals surface area contributed by atoms with E-state index in [0.29, 0.717) is 18.7 Å². The van der Waals surface area contributed by atoms with Crippen molar-refractivity contribution in [3.63, 3.8) is 0 Å². The average molecular weight is 467 g/mol. The largest absolute Gasteiger partial charge is 0.487 e. The Morgan fingerprint density at radius 3 is 2.38 bits per heavy atom. The number of nitrogens with zero attached hydrogens (tertiary/aromatic N) is 2. The minimum Gasteiger partial charge on any atom is -0.487 e. The van der Waals surface area contributed by atoms with Crippen LogP contribution < -0.4 is 15.4 Å². The monoisotopic (exact) mass is 466 g/mol. The summed E-state index contributed by atoms with van der Waals surface area (Å²) < 4.78 is 32.5. The summed E-state index contributed by atoms with van der Waals surface area (Å²) in [6, 6.07) is 7.30. The molecule has 1 aromatic carbocycles. The fourth-order valence-electron chi connectivity index (χ4n) is 4.50. The number of hydrogen-bond donors (Lipinski definition) is 2. The van der Waals surface area contributed by atoms with E-state index in [4.69, 9.17) is 4.74 Å². The number of sulfonamides is 1. The molecule has 0 bridgehead atoms. The molecule has 2 N–H and O–H groups in total. The molecule has 5 atom stereocenters. The molecule has 2 heterocycles. The van der Waals surface area contributed by atoms with Crippen molar-refractivity contribution in [3.8, 4) is 5.75 Å². The smallest absolute Gasteiger partial charge is 0.245 e. The zero-order valence-electron chi connectivity index (χ0n) is 19.3. The minimum atomic E-state index is -3.46. The van der Waals surface area contributed by atoms with E-state index in [2.05, 4.69) is 10.6 Å². The molecule has 9 nitrogen and oxygen atoms in total. The average Bonchev–Trinajstić information content (AvgIpc) is 3.32. The summed E-state index contributed by atoms with van der Waals surface area (Å²) in [5.41, 5.74) is 0. The third kappa shape index (κ3) is 5.07. The van der Waals surface area contributed by atoms with Gasteiger partial charge in [0.05, 0.1) is 30.9 Å². The van der Waals surface area contributed by atoms with E-state index in [9.17, 15) is 18.0 Å². The first-order valence-electron chi connectivity index (χ1n) is 11.0. The first-order chi connectivity index (χ1) is 15.0. The Balaban J connectivity index is 1.87. The van der Waals surface area contributed by atoms with Crippen molar-refractivity contribution in [2.24, 2.45) is 5.92 Å². The molecule has 0 saturated carbocycles. The number of ether oxygens (including phenoxy) is 1. The Bertz CT molecular complexity index is 924. The molecular weight excluding hydrogens is 432 g/mol. The van der Waals surface area contributed by atoms with Gasteiger partial charge in [-0.2, -0.15) is 4.31 Å². The molecule has 32 heavy (non-hydrogen) atoms. The molecule has 10 heteroatoms. The van der Waals surface area contributed by atoms with Crippen molar-refractivity contribution < 1.29 is 22.7 Å². The van der Waals surface area contributed by atoms with Gasteiger partial charge in [0.1, 0.15) is 17.9 Å². The van der Waals surface area contributed by atoms with Gasteiger partial charge in [-0.3, -0.25) is 9.59 Å². The molecule has 0 radical (unpaired) electrons. The molecular formula is C22H34N4O5S. The maximum Gasteiger partial charge on any atom is 0.245 e. The van der Waals surface area contributed by atoms with Crippen LogP contribution in [-0.4, -0.2) is 86.1 Å². The number of likely N-dealkylation sites (N-methyl/N-ethyl adjacent to an activating group) is 1. The number of hydrogen-bond acceptors (Lipinski definition) is 6. The summed E-state index contributed by atoms with van der Waals surface area (Å²) in [7, 11) is -1.78. The number of benzene rings is 1. The van der Waals surface area contributed by atoms with E-state index in [1.165, 1.54) is 10.6 Å². The van der Waals surface area contributed by atoms with Crippen LogP contribution in [0.5, 0.6) is 5.75 Å². The lowest BCUT2D eigenvalue weighted by atomic mass is 10.0. The van der Waals surface area contributed by atoms with Crippen molar-refractivity contribution >= 4 is 21.8 Å². The van der Waals surface area contributed by atoms with Gasteiger partial charge in [0.2, 0.25) is 21.8 Å². The summed E-state index contributed by atoms with van der Waals surface area (Å²) in [4.78, 5) is 27.8. The fraction of sp³-hybridized carbons (Fsp3) is 0.636. The molecule has 0 aliphatic carbocycles.